The Morgan fingerprint density at radius 3 is 2.58 bits per heavy atom. The first kappa shape index (κ1) is 24.8. The molecule has 1 aliphatic heterocycles. The van der Waals surface area contributed by atoms with Crippen LogP contribution in [0, 0.1) is 0 Å². The molecule has 0 atom stereocenters. The number of nitrogens with zero attached hydrogens (tertiary/aromatic N) is 2. The number of guanidine groups is 1. The van der Waals surface area contributed by atoms with Crippen molar-refractivity contribution in [3.63, 3.8) is 0 Å². The van der Waals surface area contributed by atoms with Gasteiger partial charge in [0.1, 0.15) is 0 Å². The van der Waals surface area contributed by atoms with Crippen molar-refractivity contribution >= 4 is 11.9 Å². The zero-order valence-electron chi connectivity index (χ0n) is 19.5. The van der Waals surface area contributed by atoms with Crippen molar-refractivity contribution in [2.75, 3.05) is 46.4 Å². The molecule has 31 heavy (non-hydrogen) atoms. The van der Waals surface area contributed by atoms with Gasteiger partial charge < -0.3 is 25.4 Å². The largest absolute Gasteiger partial charge is 0.493 e. The number of amides is 1. The van der Waals surface area contributed by atoms with Gasteiger partial charge in [-0.3, -0.25) is 9.69 Å². The molecule has 8 heteroatoms. The Labute approximate surface area is 186 Å². The summed E-state index contributed by atoms with van der Waals surface area (Å²) in [6.45, 7) is 11.1. The highest BCUT2D eigenvalue weighted by molar-refractivity contribution is 5.80. The number of aliphatic imine (C=N–C) groups is 1. The van der Waals surface area contributed by atoms with E-state index >= 15 is 0 Å². The zero-order chi connectivity index (χ0) is 22.5. The molecule has 0 spiro atoms. The molecule has 1 fully saturated rings. The number of carbonyl (C=O) groups excluding carboxylic acids is 1. The van der Waals surface area contributed by atoms with Gasteiger partial charge in [-0.15, -0.1) is 0 Å². The number of hydrogen-bond donors (Lipinski definition) is 3. The van der Waals surface area contributed by atoms with Crippen LogP contribution >= 0.6 is 0 Å². The van der Waals surface area contributed by atoms with Crippen LogP contribution in [0.25, 0.3) is 0 Å². The van der Waals surface area contributed by atoms with Gasteiger partial charge >= 0.3 is 0 Å². The van der Waals surface area contributed by atoms with Gasteiger partial charge in [0.2, 0.25) is 5.91 Å². The molecule has 1 saturated heterocycles. The minimum absolute atomic E-state index is 0.120. The molecule has 0 saturated carbocycles. The highest BCUT2D eigenvalue weighted by atomic mass is 16.5. The number of nitrogens with one attached hydrogen (secondary N) is 3. The second-order valence-electron chi connectivity index (χ2n) is 7.66. The molecule has 0 unspecified atom stereocenters. The first-order valence-electron chi connectivity index (χ1n) is 11.4. The summed E-state index contributed by atoms with van der Waals surface area (Å²) in [6, 6.07) is 6.26. The lowest BCUT2D eigenvalue weighted by atomic mass is 10.1. The normalized spacial score (nSPS) is 15.4. The SMILES string of the molecule is CCCNC(=O)CN1CCC(NC(=NCc2ccc(OC)c(OCC)c2)NCC)CC1. The van der Waals surface area contributed by atoms with Crippen LogP contribution in [-0.2, 0) is 11.3 Å². The van der Waals surface area contributed by atoms with Gasteiger partial charge in [-0.2, -0.15) is 0 Å². The summed E-state index contributed by atoms with van der Waals surface area (Å²) in [7, 11) is 1.64. The molecule has 8 nitrogen and oxygen atoms in total. The third-order valence-electron chi connectivity index (χ3n) is 5.16. The van der Waals surface area contributed by atoms with E-state index in [1.807, 2.05) is 25.1 Å². The monoisotopic (exact) mass is 433 g/mol. The summed E-state index contributed by atoms with van der Waals surface area (Å²) in [6.07, 6.45) is 2.94. The summed E-state index contributed by atoms with van der Waals surface area (Å²) < 4.78 is 11.0. The third kappa shape index (κ3) is 8.65. The van der Waals surface area contributed by atoms with Crippen LogP contribution < -0.4 is 25.4 Å². The second-order valence-corrected chi connectivity index (χ2v) is 7.66. The summed E-state index contributed by atoms with van der Waals surface area (Å²) in [5.41, 5.74) is 1.06. The van der Waals surface area contributed by atoms with Crippen molar-refractivity contribution in [2.45, 2.75) is 52.6 Å². The van der Waals surface area contributed by atoms with Crippen LogP contribution in [0.1, 0.15) is 45.6 Å². The maximum Gasteiger partial charge on any atom is 0.234 e. The Hall–Kier alpha value is -2.48. The molecular weight excluding hydrogens is 394 g/mol. The van der Waals surface area contributed by atoms with Gasteiger partial charge in [0.15, 0.2) is 17.5 Å². The van der Waals surface area contributed by atoms with E-state index < -0.39 is 0 Å². The molecule has 0 aliphatic carbocycles. The summed E-state index contributed by atoms with van der Waals surface area (Å²) in [4.78, 5) is 18.9. The quantitative estimate of drug-likeness (QED) is 0.366. The van der Waals surface area contributed by atoms with E-state index in [1.54, 1.807) is 7.11 Å². The van der Waals surface area contributed by atoms with Crippen LogP contribution in [0.5, 0.6) is 11.5 Å². The number of piperidine rings is 1. The molecule has 1 aliphatic rings. The Balaban J connectivity index is 1.88. The molecule has 1 aromatic carbocycles. The fourth-order valence-corrected chi connectivity index (χ4v) is 3.53. The second kappa shape index (κ2) is 13.7. The van der Waals surface area contributed by atoms with E-state index in [9.17, 15) is 4.79 Å². The van der Waals surface area contributed by atoms with E-state index in [0.29, 0.717) is 25.7 Å². The van der Waals surface area contributed by atoms with E-state index in [-0.39, 0.29) is 5.91 Å². The summed E-state index contributed by atoms with van der Waals surface area (Å²) in [5.74, 6) is 2.41. The summed E-state index contributed by atoms with van der Waals surface area (Å²) in [5, 5.41) is 9.84. The Morgan fingerprint density at radius 2 is 1.94 bits per heavy atom. The maximum atomic E-state index is 11.9. The molecule has 0 bridgehead atoms. The van der Waals surface area contributed by atoms with E-state index in [2.05, 4.69) is 34.7 Å². The Kier molecular flexibility index (Phi) is 11.0. The smallest absolute Gasteiger partial charge is 0.234 e. The van der Waals surface area contributed by atoms with Crippen molar-refractivity contribution < 1.29 is 14.3 Å². The average molecular weight is 434 g/mol. The van der Waals surface area contributed by atoms with Crippen LogP contribution in [0.2, 0.25) is 0 Å². The lowest BCUT2D eigenvalue weighted by Crippen LogP contribution is -2.50. The van der Waals surface area contributed by atoms with E-state index in [4.69, 9.17) is 14.5 Å². The first-order valence-corrected chi connectivity index (χ1v) is 11.4. The van der Waals surface area contributed by atoms with E-state index in [1.165, 1.54) is 0 Å². The van der Waals surface area contributed by atoms with Crippen molar-refractivity contribution in [1.29, 1.82) is 0 Å². The molecule has 2 rings (SSSR count). The van der Waals surface area contributed by atoms with Crippen LogP contribution in [-0.4, -0.2) is 69.2 Å². The molecule has 1 heterocycles. The number of ether oxygens (including phenoxy) is 2. The van der Waals surface area contributed by atoms with Crippen LogP contribution in [0.15, 0.2) is 23.2 Å². The highest BCUT2D eigenvalue weighted by Crippen LogP contribution is 2.28. The summed E-state index contributed by atoms with van der Waals surface area (Å²) >= 11 is 0. The molecule has 174 valence electrons. The predicted molar refractivity (Wildman–Crippen MR) is 125 cm³/mol. The van der Waals surface area contributed by atoms with Crippen molar-refractivity contribution in [3.05, 3.63) is 23.8 Å². The van der Waals surface area contributed by atoms with Gasteiger partial charge in [0, 0.05) is 32.2 Å². The Morgan fingerprint density at radius 1 is 1.16 bits per heavy atom. The maximum absolute atomic E-state index is 11.9. The number of likely N-dealkylation sites (tertiary alicyclic amines) is 1. The molecule has 0 aromatic heterocycles. The number of benzene rings is 1. The average Bonchev–Trinajstić information content (AvgIpc) is 2.78. The van der Waals surface area contributed by atoms with Crippen LogP contribution in [0.3, 0.4) is 0 Å². The fourth-order valence-electron chi connectivity index (χ4n) is 3.53. The number of methoxy groups -OCH3 is 1. The van der Waals surface area contributed by atoms with Gasteiger partial charge in [-0.25, -0.2) is 4.99 Å². The van der Waals surface area contributed by atoms with Crippen molar-refractivity contribution in [1.82, 2.24) is 20.9 Å². The lowest BCUT2D eigenvalue weighted by Gasteiger charge is -2.32. The fraction of sp³-hybridized carbons (Fsp3) is 0.652. The van der Waals surface area contributed by atoms with Gasteiger partial charge in [0.25, 0.3) is 0 Å². The third-order valence-corrected chi connectivity index (χ3v) is 5.16. The molecular formula is C23H39N5O3. The number of rotatable bonds is 11. The van der Waals surface area contributed by atoms with Crippen molar-refractivity contribution in [2.24, 2.45) is 4.99 Å². The lowest BCUT2D eigenvalue weighted by molar-refractivity contribution is -0.122. The molecule has 3 N–H and O–H groups in total. The molecule has 1 amide bonds. The topological polar surface area (TPSA) is 87.2 Å². The number of hydrogen-bond acceptors (Lipinski definition) is 5. The standard InChI is InChI=1S/C23H39N5O3/c1-5-12-25-22(29)17-28-13-10-19(11-14-28)27-23(24-6-2)26-16-18-8-9-20(30-4)21(15-18)31-7-3/h8-9,15,19H,5-7,10-14,16-17H2,1-4H3,(H,25,29)(H2,24,26,27). The predicted octanol–water partition coefficient (Wildman–Crippen LogP) is 2.14. The Bertz CT molecular complexity index is 702. The molecule has 1 aromatic rings. The van der Waals surface area contributed by atoms with Crippen LogP contribution in [0.4, 0.5) is 0 Å². The van der Waals surface area contributed by atoms with E-state index in [0.717, 1.165) is 68.5 Å². The minimum Gasteiger partial charge on any atom is -0.493 e. The van der Waals surface area contributed by atoms with Crippen molar-refractivity contribution in [3.8, 4) is 11.5 Å². The first-order chi connectivity index (χ1) is 15.1. The number of carbonyl (C=O) groups is 1. The molecule has 0 radical (unpaired) electrons. The van der Waals surface area contributed by atoms with Gasteiger partial charge in [-0.05, 0) is 50.8 Å². The minimum atomic E-state index is 0.120. The zero-order valence-corrected chi connectivity index (χ0v) is 19.5. The van der Waals surface area contributed by atoms with Gasteiger partial charge in [-0.1, -0.05) is 13.0 Å². The highest BCUT2D eigenvalue weighted by Gasteiger charge is 2.21. The van der Waals surface area contributed by atoms with Gasteiger partial charge in [0.05, 0.1) is 26.8 Å².